The van der Waals surface area contributed by atoms with Crippen molar-refractivity contribution in [3.8, 4) is 11.5 Å². The van der Waals surface area contributed by atoms with Crippen LogP contribution in [0.4, 0.5) is 0 Å². The van der Waals surface area contributed by atoms with Crippen LogP contribution in [0.25, 0.3) is 0 Å². The molecule has 2 aromatic rings. The summed E-state index contributed by atoms with van der Waals surface area (Å²) in [5.41, 5.74) is 2.32. The zero-order valence-electron chi connectivity index (χ0n) is 30.3. The second kappa shape index (κ2) is 29.1. The number of carboxylic acid groups (broad SMARTS) is 2. The molecular weight excluding hydrogens is 588 g/mol. The Balaban J connectivity index is 0.000000691. The molecule has 0 aliphatic carbocycles. The van der Waals surface area contributed by atoms with E-state index in [1.165, 1.54) is 101 Å². The predicted octanol–water partition coefficient (Wildman–Crippen LogP) is 12.2. The van der Waals surface area contributed by atoms with Gasteiger partial charge in [-0.3, -0.25) is 9.59 Å². The van der Waals surface area contributed by atoms with Gasteiger partial charge in [-0.05, 0) is 61.1 Å². The van der Waals surface area contributed by atoms with Gasteiger partial charge >= 0.3 is 11.9 Å². The minimum absolute atomic E-state index is 0.0681. The molecule has 0 atom stereocenters. The lowest BCUT2D eigenvalue weighted by molar-refractivity contribution is -0.138. The molecule has 0 heterocycles. The summed E-state index contributed by atoms with van der Waals surface area (Å²) < 4.78 is 0. The average molecular weight is 657 g/mol. The fraction of sp³-hybridized carbons (Fsp3) is 0.659. The molecule has 6 nitrogen and oxygen atoms in total. The molecule has 0 aliphatic rings. The van der Waals surface area contributed by atoms with Gasteiger partial charge in [0.25, 0.3) is 0 Å². The summed E-state index contributed by atoms with van der Waals surface area (Å²) in [5, 5.41) is 35.7. The molecule has 0 saturated carbocycles. The zero-order valence-corrected chi connectivity index (χ0v) is 30.3. The van der Waals surface area contributed by atoms with Crippen molar-refractivity contribution in [2.45, 2.75) is 174 Å². The number of hydrogen-bond donors (Lipinski definition) is 4. The zero-order chi connectivity index (χ0) is 35.2. The van der Waals surface area contributed by atoms with E-state index >= 15 is 0 Å². The van der Waals surface area contributed by atoms with Gasteiger partial charge in [0.2, 0.25) is 0 Å². The number of phenols is 2. The number of aliphatic carboxylic acids is 2. The van der Waals surface area contributed by atoms with Gasteiger partial charge in [0, 0.05) is 18.3 Å². The molecule has 0 aromatic heterocycles. The van der Waals surface area contributed by atoms with Crippen molar-refractivity contribution in [3.63, 3.8) is 0 Å². The number of hydrogen-bond acceptors (Lipinski definition) is 4. The minimum atomic E-state index is -0.659. The predicted molar refractivity (Wildman–Crippen MR) is 197 cm³/mol. The molecule has 0 saturated heterocycles. The largest absolute Gasteiger partial charge is 0.508 e. The number of benzene rings is 2. The molecule has 4 N–H and O–H groups in total. The summed E-state index contributed by atoms with van der Waals surface area (Å²) in [5.74, 6) is -0.744. The SMILES string of the molecule is CCC(CC)(c1ccc(O)cc1)c1ccc(O)cc1.CCCCCCCCCCCC(=O)O.CCCCCCCCCCCC(=O)O. The molecule has 2 rings (SSSR count). The van der Waals surface area contributed by atoms with Crippen LogP contribution in [-0.4, -0.2) is 32.4 Å². The Kier molecular flexibility index (Phi) is 27.3. The van der Waals surface area contributed by atoms with Crippen molar-refractivity contribution in [1.82, 2.24) is 0 Å². The molecule has 2 aromatic carbocycles. The van der Waals surface area contributed by atoms with E-state index in [1.807, 2.05) is 24.3 Å². The number of unbranched alkanes of at least 4 members (excludes halogenated alkanes) is 16. The third-order valence-corrected chi connectivity index (χ3v) is 9.04. The van der Waals surface area contributed by atoms with Gasteiger partial charge in [-0.2, -0.15) is 0 Å². The first-order chi connectivity index (χ1) is 22.7. The highest BCUT2D eigenvalue weighted by atomic mass is 16.4. The summed E-state index contributed by atoms with van der Waals surface area (Å²) in [6, 6.07) is 14.9. The molecule has 0 aliphatic heterocycles. The van der Waals surface area contributed by atoms with Crippen molar-refractivity contribution in [3.05, 3.63) is 59.7 Å². The van der Waals surface area contributed by atoms with Crippen LogP contribution in [0.2, 0.25) is 0 Å². The van der Waals surface area contributed by atoms with Gasteiger partial charge in [-0.15, -0.1) is 0 Å². The Morgan fingerprint density at radius 2 is 0.702 bits per heavy atom. The quantitative estimate of drug-likeness (QED) is 0.0836. The molecule has 47 heavy (non-hydrogen) atoms. The van der Waals surface area contributed by atoms with Crippen molar-refractivity contribution < 1.29 is 30.0 Å². The van der Waals surface area contributed by atoms with Gasteiger partial charge in [0.05, 0.1) is 0 Å². The Bertz CT molecular complexity index is 932. The minimum Gasteiger partial charge on any atom is -0.508 e. The Morgan fingerprint density at radius 1 is 0.447 bits per heavy atom. The highest BCUT2D eigenvalue weighted by Crippen LogP contribution is 2.39. The Morgan fingerprint density at radius 3 is 0.936 bits per heavy atom. The van der Waals surface area contributed by atoms with E-state index in [-0.39, 0.29) is 16.9 Å². The van der Waals surface area contributed by atoms with E-state index in [4.69, 9.17) is 10.2 Å². The molecule has 0 radical (unpaired) electrons. The Hall–Kier alpha value is -3.02. The third kappa shape index (κ3) is 22.2. The van der Waals surface area contributed by atoms with Crippen LogP contribution in [0, 0.1) is 0 Å². The topological polar surface area (TPSA) is 115 Å². The van der Waals surface area contributed by atoms with Gasteiger partial charge in [-0.25, -0.2) is 0 Å². The number of rotatable bonds is 24. The molecule has 6 heteroatoms. The molecule has 0 amide bonds. The fourth-order valence-electron chi connectivity index (χ4n) is 5.97. The fourth-order valence-corrected chi connectivity index (χ4v) is 5.97. The number of carboxylic acids is 2. The van der Waals surface area contributed by atoms with Crippen molar-refractivity contribution >= 4 is 11.9 Å². The summed E-state index contributed by atoms with van der Waals surface area (Å²) in [6.45, 7) is 8.80. The van der Waals surface area contributed by atoms with Crippen LogP contribution < -0.4 is 0 Å². The first kappa shape index (κ1) is 44.0. The van der Waals surface area contributed by atoms with E-state index in [9.17, 15) is 19.8 Å². The van der Waals surface area contributed by atoms with Gasteiger partial charge in [-0.1, -0.05) is 155 Å². The first-order valence-corrected chi connectivity index (χ1v) is 18.7. The lowest BCUT2D eigenvalue weighted by Crippen LogP contribution is -2.25. The van der Waals surface area contributed by atoms with Crippen LogP contribution in [-0.2, 0) is 15.0 Å². The normalized spacial score (nSPS) is 10.8. The molecule has 0 unspecified atom stereocenters. The van der Waals surface area contributed by atoms with Crippen LogP contribution in [0.15, 0.2) is 48.5 Å². The highest BCUT2D eigenvalue weighted by Gasteiger charge is 2.30. The molecule has 268 valence electrons. The van der Waals surface area contributed by atoms with E-state index < -0.39 is 11.9 Å². The van der Waals surface area contributed by atoms with Crippen molar-refractivity contribution in [1.29, 1.82) is 0 Å². The van der Waals surface area contributed by atoms with E-state index in [1.54, 1.807) is 24.3 Å². The highest BCUT2D eigenvalue weighted by molar-refractivity contribution is 5.66. The lowest BCUT2D eigenvalue weighted by Gasteiger charge is -2.33. The second-order valence-corrected chi connectivity index (χ2v) is 12.8. The molecule has 0 bridgehead atoms. The third-order valence-electron chi connectivity index (χ3n) is 9.04. The van der Waals surface area contributed by atoms with Gasteiger partial charge in [0.1, 0.15) is 11.5 Å². The van der Waals surface area contributed by atoms with Gasteiger partial charge < -0.3 is 20.4 Å². The number of phenolic OH excluding ortho intramolecular Hbond substituents is 2. The number of aromatic hydroxyl groups is 2. The van der Waals surface area contributed by atoms with Crippen molar-refractivity contribution in [2.24, 2.45) is 0 Å². The Labute approximate surface area is 287 Å². The van der Waals surface area contributed by atoms with E-state index in [0.29, 0.717) is 12.8 Å². The first-order valence-electron chi connectivity index (χ1n) is 18.7. The lowest BCUT2D eigenvalue weighted by atomic mass is 9.70. The molecule has 0 spiro atoms. The molecule has 0 fully saturated rings. The maximum atomic E-state index is 10.2. The van der Waals surface area contributed by atoms with E-state index in [2.05, 4.69) is 27.7 Å². The number of carbonyl (C=O) groups is 2. The van der Waals surface area contributed by atoms with Crippen molar-refractivity contribution in [2.75, 3.05) is 0 Å². The van der Waals surface area contributed by atoms with Crippen LogP contribution in [0.3, 0.4) is 0 Å². The standard InChI is InChI=1S/C17H20O2.2C12H24O2/c1-3-17(4-2,13-5-9-15(18)10-6-13)14-7-11-16(19)12-8-14;2*1-2-3-4-5-6-7-8-9-10-11-12(13)14/h5-12,18-19H,3-4H2,1-2H3;2*2-11H2,1H3,(H,13,14). The van der Waals surface area contributed by atoms with E-state index in [0.717, 1.165) is 38.5 Å². The summed E-state index contributed by atoms with van der Waals surface area (Å²) in [7, 11) is 0. The summed E-state index contributed by atoms with van der Waals surface area (Å²) >= 11 is 0. The van der Waals surface area contributed by atoms with Crippen LogP contribution in [0.1, 0.15) is 180 Å². The monoisotopic (exact) mass is 657 g/mol. The molecular formula is C41H68O6. The average Bonchev–Trinajstić information content (AvgIpc) is 3.06. The van der Waals surface area contributed by atoms with Gasteiger partial charge in [0.15, 0.2) is 0 Å². The summed E-state index contributed by atoms with van der Waals surface area (Å²) in [4.78, 5) is 20.4. The maximum absolute atomic E-state index is 10.2. The summed E-state index contributed by atoms with van der Waals surface area (Å²) in [6.07, 6.45) is 24.9. The van der Waals surface area contributed by atoms with Crippen LogP contribution >= 0.6 is 0 Å². The van der Waals surface area contributed by atoms with Crippen LogP contribution in [0.5, 0.6) is 11.5 Å². The maximum Gasteiger partial charge on any atom is 0.303 e. The smallest absolute Gasteiger partial charge is 0.303 e. The second-order valence-electron chi connectivity index (χ2n) is 12.8.